The lowest BCUT2D eigenvalue weighted by molar-refractivity contribution is 0.484. The minimum absolute atomic E-state index is 0.0712. The van der Waals surface area contributed by atoms with Gasteiger partial charge in [0.25, 0.3) is 10.1 Å². The number of hydrogen-bond acceptors (Lipinski definition) is 2. The molecule has 88 valence electrons. The zero-order valence-electron chi connectivity index (χ0n) is 9.34. The molecule has 2 aromatic carbocycles. The Morgan fingerprint density at radius 3 is 2.24 bits per heavy atom. The molecule has 0 bridgehead atoms. The summed E-state index contributed by atoms with van der Waals surface area (Å²) >= 11 is 0. The Balaban J connectivity index is 2.95. The fourth-order valence-corrected chi connectivity index (χ4v) is 2.56. The summed E-state index contributed by atoms with van der Waals surface area (Å²) in [5.41, 5.74) is 1.73. The summed E-state index contributed by atoms with van der Waals surface area (Å²) in [7, 11) is -4.20. The first-order chi connectivity index (χ1) is 7.91. The topological polar surface area (TPSA) is 54.4 Å². The number of benzene rings is 2. The van der Waals surface area contributed by atoms with Gasteiger partial charge in [0.2, 0.25) is 0 Å². The first kappa shape index (κ1) is 11.8. The highest BCUT2D eigenvalue weighted by Gasteiger charge is 2.15. The average molecular weight is 248 g/mol. The van der Waals surface area contributed by atoms with Crippen molar-refractivity contribution in [2.75, 3.05) is 0 Å². The Hall–Kier alpha value is -1.65. The van der Waals surface area contributed by atoms with Crippen LogP contribution in [0.1, 0.15) is 12.5 Å². The number of rotatable bonds is 2. The Kier molecular flexibility index (Phi) is 2.77. The molecule has 0 saturated heterocycles. The van der Waals surface area contributed by atoms with Gasteiger partial charge in [0, 0.05) is 5.39 Å². The molecular weight excluding hydrogens is 236 g/mol. The second-order valence-corrected chi connectivity index (χ2v) is 5.30. The van der Waals surface area contributed by atoms with Crippen LogP contribution in [0.25, 0.3) is 16.3 Å². The molecule has 0 aliphatic rings. The highest BCUT2D eigenvalue weighted by molar-refractivity contribution is 7.86. The van der Waals surface area contributed by atoms with E-state index in [1.807, 2.05) is 19.1 Å². The van der Waals surface area contributed by atoms with Crippen LogP contribution in [0.2, 0.25) is 0 Å². The van der Waals surface area contributed by atoms with Crippen LogP contribution in [0.3, 0.4) is 0 Å². The van der Waals surface area contributed by atoms with E-state index >= 15 is 0 Å². The Labute approximate surface area is 100 Å². The number of hydrogen-bond donors (Lipinski definition) is 1. The van der Waals surface area contributed by atoms with Crippen molar-refractivity contribution < 1.29 is 13.0 Å². The molecule has 0 atom stereocenters. The van der Waals surface area contributed by atoms with Gasteiger partial charge in [-0.15, -0.1) is 0 Å². The van der Waals surface area contributed by atoms with Crippen molar-refractivity contribution in [1.82, 2.24) is 0 Å². The Morgan fingerprint density at radius 2 is 1.71 bits per heavy atom. The van der Waals surface area contributed by atoms with Crippen LogP contribution >= 0.6 is 0 Å². The molecule has 3 nitrogen and oxygen atoms in total. The predicted molar refractivity (Wildman–Crippen MR) is 68.5 cm³/mol. The molecule has 0 radical (unpaired) electrons. The molecule has 0 aliphatic heterocycles. The fraction of sp³-hybridized carbons (Fsp3) is 0.0769. The van der Waals surface area contributed by atoms with Crippen molar-refractivity contribution in [3.05, 3.63) is 48.5 Å². The van der Waals surface area contributed by atoms with E-state index in [2.05, 4.69) is 6.58 Å². The van der Waals surface area contributed by atoms with E-state index in [0.29, 0.717) is 5.39 Å². The largest absolute Gasteiger partial charge is 0.295 e. The third-order valence-corrected chi connectivity index (χ3v) is 3.53. The van der Waals surface area contributed by atoms with Gasteiger partial charge in [-0.25, -0.2) is 0 Å². The third kappa shape index (κ3) is 2.09. The van der Waals surface area contributed by atoms with Crippen molar-refractivity contribution in [3.8, 4) is 0 Å². The van der Waals surface area contributed by atoms with Crippen LogP contribution in [0.5, 0.6) is 0 Å². The summed E-state index contributed by atoms with van der Waals surface area (Å²) in [5.74, 6) is 0. The molecule has 0 spiro atoms. The van der Waals surface area contributed by atoms with Crippen LogP contribution in [0.4, 0.5) is 0 Å². The molecule has 0 amide bonds. The van der Waals surface area contributed by atoms with Crippen molar-refractivity contribution in [2.45, 2.75) is 11.8 Å². The quantitative estimate of drug-likeness (QED) is 0.831. The lowest BCUT2D eigenvalue weighted by atomic mass is 10.0. The van der Waals surface area contributed by atoms with Crippen LogP contribution in [0.15, 0.2) is 47.9 Å². The first-order valence-corrected chi connectivity index (χ1v) is 6.50. The number of fused-ring (bicyclic) bond motifs is 1. The molecule has 2 rings (SSSR count). The Morgan fingerprint density at radius 1 is 1.12 bits per heavy atom. The lowest BCUT2D eigenvalue weighted by Gasteiger charge is -2.09. The second-order valence-electron chi connectivity index (χ2n) is 3.91. The standard InChI is InChI=1S/C13H12O3S/c1-9(2)10-7-8-13(17(14,15)16)12-6-4-3-5-11(10)12/h3-8H,1H2,2H3,(H,14,15,16). The normalized spacial score (nSPS) is 11.6. The average Bonchev–Trinajstić information content (AvgIpc) is 2.26. The zero-order valence-corrected chi connectivity index (χ0v) is 10.2. The van der Waals surface area contributed by atoms with Crippen LogP contribution in [0, 0.1) is 0 Å². The first-order valence-electron chi connectivity index (χ1n) is 5.06. The monoisotopic (exact) mass is 248 g/mol. The molecule has 0 unspecified atom stereocenters. The molecule has 0 heterocycles. The minimum atomic E-state index is -4.20. The van der Waals surface area contributed by atoms with Gasteiger partial charge in [0.15, 0.2) is 0 Å². The van der Waals surface area contributed by atoms with E-state index in [0.717, 1.165) is 16.5 Å². The van der Waals surface area contributed by atoms with Gasteiger partial charge in [-0.2, -0.15) is 8.42 Å². The van der Waals surface area contributed by atoms with E-state index in [9.17, 15) is 8.42 Å². The summed E-state index contributed by atoms with van der Waals surface area (Å²) < 4.78 is 31.7. The van der Waals surface area contributed by atoms with Crippen molar-refractivity contribution in [3.63, 3.8) is 0 Å². The van der Waals surface area contributed by atoms with E-state index in [-0.39, 0.29) is 4.90 Å². The fourth-order valence-electron chi connectivity index (χ4n) is 1.87. The summed E-state index contributed by atoms with van der Waals surface area (Å²) in [6.45, 7) is 5.71. The van der Waals surface area contributed by atoms with Crippen LogP contribution < -0.4 is 0 Å². The van der Waals surface area contributed by atoms with Gasteiger partial charge in [-0.05, 0) is 23.9 Å². The molecule has 0 fully saturated rings. The summed E-state index contributed by atoms with van der Waals surface area (Å²) in [6.07, 6.45) is 0. The molecule has 2 aromatic rings. The van der Waals surface area contributed by atoms with Crippen molar-refractivity contribution in [1.29, 1.82) is 0 Å². The minimum Gasteiger partial charge on any atom is -0.282 e. The smallest absolute Gasteiger partial charge is 0.282 e. The van der Waals surface area contributed by atoms with Gasteiger partial charge in [0.1, 0.15) is 4.90 Å². The van der Waals surface area contributed by atoms with Crippen molar-refractivity contribution >= 4 is 26.5 Å². The summed E-state index contributed by atoms with van der Waals surface area (Å²) in [4.78, 5) is -0.0712. The highest BCUT2D eigenvalue weighted by Crippen LogP contribution is 2.29. The molecule has 4 heteroatoms. The van der Waals surface area contributed by atoms with Gasteiger partial charge >= 0.3 is 0 Å². The van der Waals surface area contributed by atoms with E-state index < -0.39 is 10.1 Å². The molecule has 1 N–H and O–H groups in total. The van der Waals surface area contributed by atoms with E-state index in [1.165, 1.54) is 6.07 Å². The molecule has 0 saturated carbocycles. The lowest BCUT2D eigenvalue weighted by Crippen LogP contribution is -1.99. The maximum absolute atomic E-state index is 11.3. The van der Waals surface area contributed by atoms with Gasteiger partial charge in [0.05, 0.1) is 0 Å². The maximum atomic E-state index is 11.3. The maximum Gasteiger partial charge on any atom is 0.295 e. The predicted octanol–water partition coefficient (Wildman–Crippen LogP) is 3.12. The summed E-state index contributed by atoms with van der Waals surface area (Å²) in [6, 6.07) is 10.1. The summed E-state index contributed by atoms with van der Waals surface area (Å²) in [5, 5.41) is 1.28. The number of allylic oxidation sites excluding steroid dienone is 1. The third-order valence-electron chi connectivity index (χ3n) is 2.62. The van der Waals surface area contributed by atoms with Gasteiger partial charge in [-0.3, -0.25) is 4.55 Å². The van der Waals surface area contributed by atoms with E-state index in [1.54, 1.807) is 18.2 Å². The SMILES string of the molecule is C=C(C)c1ccc(S(=O)(=O)O)c2ccccc12. The zero-order chi connectivity index (χ0) is 12.6. The van der Waals surface area contributed by atoms with E-state index in [4.69, 9.17) is 4.55 Å². The molecule has 0 aliphatic carbocycles. The Bertz CT molecular complexity index is 700. The molecular formula is C13H12O3S. The molecule has 0 aromatic heterocycles. The van der Waals surface area contributed by atoms with Gasteiger partial charge in [-0.1, -0.05) is 42.5 Å². The highest BCUT2D eigenvalue weighted by atomic mass is 32.2. The molecule has 17 heavy (non-hydrogen) atoms. The van der Waals surface area contributed by atoms with Crippen LogP contribution in [-0.2, 0) is 10.1 Å². The second kappa shape index (κ2) is 3.98. The van der Waals surface area contributed by atoms with Crippen molar-refractivity contribution in [2.24, 2.45) is 0 Å². The van der Waals surface area contributed by atoms with Gasteiger partial charge < -0.3 is 0 Å². The van der Waals surface area contributed by atoms with Crippen LogP contribution in [-0.4, -0.2) is 13.0 Å².